The molecule has 0 spiro atoms. The van der Waals surface area contributed by atoms with Gasteiger partial charge in [0.1, 0.15) is 5.82 Å². The SMILES string of the molecule is CCNC1CCN(c2ccccn2)CC1. The van der Waals surface area contributed by atoms with Crippen LogP contribution in [-0.4, -0.2) is 30.7 Å². The molecule has 1 N–H and O–H groups in total. The van der Waals surface area contributed by atoms with E-state index in [9.17, 15) is 0 Å². The molecule has 0 aromatic carbocycles. The molecule has 1 fully saturated rings. The van der Waals surface area contributed by atoms with Gasteiger partial charge in [-0.3, -0.25) is 0 Å². The number of nitrogens with one attached hydrogen (secondary N) is 1. The molecule has 3 nitrogen and oxygen atoms in total. The van der Waals surface area contributed by atoms with E-state index in [-0.39, 0.29) is 0 Å². The first-order valence-electron chi connectivity index (χ1n) is 5.79. The van der Waals surface area contributed by atoms with Crippen molar-refractivity contribution in [1.29, 1.82) is 0 Å². The number of nitrogens with zero attached hydrogens (tertiary/aromatic N) is 2. The largest absolute Gasteiger partial charge is 0.357 e. The van der Waals surface area contributed by atoms with Gasteiger partial charge in [-0.1, -0.05) is 13.0 Å². The van der Waals surface area contributed by atoms with E-state index in [0.717, 1.165) is 25.5 Å². The van der Waals surface area contributed by atoms with Crippen molar-refractivity contribution < 1.29 is 0 Å². The van der Waals surface area contributed by atoms with Crippen LogP contribution in [0.2, 0.25) is 0 Å². The summed E-state index contributed by atoms with van der Waals surface area (Å²) < 4.78 is 0. The average molecular weight is 205 g/mol. The average Bonchev–Trinajstić information content (AvgIpc) is 2.32. The van der Waals surface area contributed by atoms with Gasteiger partial charge in [-0.25, -0.2) is 4.98 Å². The molecule has 0 aliphatic carbocycles. The zero-order valence-corrected chi connectivity index (χ0v) is 9.32. The number of pyridine rings is 1. The molecular weight excluding hydrogens is 186 g/mol. The Morgan fingerprint density at radius 3 is 2.80 bits per heavy atom. The van der Waals surface area contributed by atoms with E-state index in [1.807, 2.05) is 12.3 Å². The Morgan fingerprint density at radius 2 is 2.20 bits per heavy atom. The number of piperidine rings is 1. The maximum absolute atomic E-state index is 4.38. The van der Waals surface area contributed by atoms with Gasteiger partial charge in [0.2, 0.25) is 0 Å². The van der Waals surface area contributed by atoms with E-state index in [1.165, 1.54) is 12.8 Å². The molecule has 1 aliphatic rings. The van der Waals surface area contributed by atoms with Crippen molar-refractivity contribution in [3.05, 3.63) is 24.4 Å². The highest BCUT2D eigenvalue weighted by molar-refractivity contribution is 5.38. The third-order valence-corrected chi connectivity index (χ3v) is 2.96. The minimum atomic E-state index is 0.704. The number of hydrogen-bond donors (Lipinski definition) is 1. The van der Waals surface area contributed by atoms with Gasteiger partial charge in [-0.2, -0.15) is 0 Å². The van der Waals surface area contributed by atoms with Gasteiger partial charge in [0.05, 0.1) is 0 Å². The standard InChI is InChI=1S/C12H19N3/c1-2-13-11-6-9-15(10-7-11)12-5-3-4-8-14-12/h3-5,8,11,13H,2,6-7,9-10H2,1H3. The molecule has 0 radical (unpaired) electrons. The molecule has 0 saturated carbocycles. The Balaban J connectivity index is 1.88. The van der Waals surface area contributed by atoms with Crippen molar-refractivity contribution in [2.45, 2.75) is 25.8 Å². The molecule has 2 rings (SSSR count). The maximum atomic E-state index is 4.38. The van der Waals surface area contributed by atoms with E-state index in [2.05, 4.69) is 34.3 Å². The van der Waals surface area contributed by atoms with Crippen molar-refractivity contribution in [2.24, 2.45) is 0 Å². The molecule has 2 heterocycles. The zero-order chi connectivity index (χ0) is 10.5. The normalized spacial score (nSPS) is 18.1. The molecular formula is C12H19N3. The summed E-state index contributed by atoms with van der Waals surface area (Å²) in [6.45, 7) is 5.49. The molecule has 1 aromatic rings. The van der Waals surface area contributed by atoms with E-state index in [1.54, 1.807) is 0 Å². The molecule has 0 amide bonds. The van der Waals surface area contributed by atoms with Crippen LogP contribution >= 0.6 is 0 Å². The first-order chi connectivity index (χ1) is 7.40. The highest BCUT2D eigenvalue weighted by atomic mass is 15.2. The smallest absolute Gasteiger partial charge is 0.128 e. The lowest BCUT2D eigenvalue weighted by Gasteiger charge is -2.33. The van der Waals surface area contributed by atoms with Crippen molar-refractivity contribution in [1.82, 2.24) is 10.3 Å². The highest BCUT2D eigenvalue weighted by Gasteiger charge is 2.18. The molecule has 0 bridgehead atoms. The van der Waals surface area contributed by atoms with Gasteiger partial charge in [0.25, 0.3) is 0 Å². The lowest BCUT2D eigenvalue weighted by molar-refractivity contribution is 0.422. The van der Waals surface area contributed by atoms with Crippen LogP contribution in [0, 0.1) is 0 Å². The summed E-state index contributed by atoms with van der Waals surface area (Å²) in [5.74, 6) is 1.12. The molecule has 0 atom stereocenters. The van der Waals surface area contributed by atoms with Gasteiger partial charge in [0, 0.05) is 25.3 Å². The second kappa shape index (κ2) is 5.12. The Bertz CT molecular complexity index is 278. The van der Waals surface area contributed by atoms with E-state index in [4.69, 9.17) is 0 Å². The number of hydrogen-bond acceptors (Lipinski definition) is 3. The van der Waals surface area contributed by atoms with Crippen LogP contribution in [0.25, 0.3) is 0 Å². The molecule has 0 unspecified atom stereocenters. The van der Waals surface area contributed by atoms with Crippen molar-refractivity contribution in [3.8, 4) is 0 Å². The number of anilines is 1. The second-order valence-electron chi connectivity index (χ2n) is 4.01. The Hall–Kier alpha value is -1.09. The first-order valence-corrected chi connectivity index (χ1v) is 5.79. The van der Waals surface area contributed by atoms with Crippen LogP contribution in [0.4, 0.5) is 5.82 Å². The highest BCUT2D eigenvalue weighted by Crippen LogP contribution is 2.16. The monoisotopic (exact) mass is 205 g/mol. The molecule has 3 heteroatoms. The maximum Gasteiger partial charge on any atom is 0.128 e. The summed E-state index contributed by atoms with van der Waals surface area (Å²) in [6.07, 6.45) is 4.32. The third-order valence-electron chi connectivity index (χ3n) is 2.96. The van der Waals surface area contributed by atoms with Gasteiger partial charge in [0.15, 0.2) is 0 Å². The predicted molar refractivity (Wildman–Crippen MR) is 63.1 cm³/mol. The summed E-state index contributed by atoms with van der Waals surface area (Å²) in [5.41, 5.74) is 0. The Labute approximate surface area is 91.5 Å². The second-order valence-corrected chi connectivity index (χ2v) is 4.01. The minimum absolute atomic E-state index is 0.704. The molecule has 15 heavy (non-hydrogen) atoms. The number of aromatic nitrogens is 1. The van der Waals surface area contributed by atoms with Crippen molar-refractivity contribution >= 4 is 5.82 Å². The Kier molecular flexibility index (Phi) is 3.56. The van der Waals surface area contributed by atoms with Crippen LogP contribution in [-0.2, 0) is 0 Å². The fraction of sp³-hybridized carbons (Fsp3) is 0.583. The number of rotatable bonds is 3. The third kappa shape index (κ3) is 2.69. The topological polar surface area (TPSA) is 28.2 Å². The predicted octanol–water partition coefficient (Wildman–Crippen LogP) is 1.66. The van der Waals surface area contributed by atoms with Gasteiger partial charge < -0.3 is 10.2 Å². The molecule has 1 saturated heterocycles. The van der Waals surface area contributed by atoms with E-state index in [0.29, 0.717) is 6.04 Å². The van der Waals surface area contributed by atoms with Gasteiger partial charge >= 0.3 is 0 Å². The summed E-state index contributed by atoms with van der Waals surface area (Å²) in [7, 11) is 0. The van der Waals surface area contributed by atoms with Crippen LogP contribution in [0.3, 0.4) is 0 Å². The van der Waals surface area contributed by atoms with Gasteiger partial charge in [-0.15, -0.1) is 0 Å². The summed E-state index contributed by atoms with van der Waals surface area (Å²) >= 11 is 0. The van der Waals surface area contributed by atoms with Crippen molar-refractivity contribution in [2.75, 3.05) is 24.5 Å². The minimum Gasteiger partial charge on any atom is -0.357 e. The molecule has 1 aliphatic heterocycles. The quantitative estimate of drug-likeness (QED) is 0.813. The van der Waals surface area contributed by atoms with Crippen molar-refractivity contribution in [3.63, 3.8) is 0 Å². The summed E-state index contributed by atoms with van der Waals surface area (Å²) in [6, 6.07) is 6.82. The van der Waals surface area contributed by atoms with Crippen LogP contribution in [0.15, 0.2) is 24.4 Å². The molecule has 82 valence electrons. The summed E-state index contributed by atoms with van der Waals surface area (Å²) in [5, 5.41) is 3.51. The van der Waals surface area contributed by atoms with Crippen LogP contribution in [0.1, 0.15) is 19.8 Å². The fourth-order valence-electron chi connectivity index (χ4n) is 2.14. The lowest BCUT2D eigenvalue weighted by atomic mass is 10.1. The molecule has 1 aromatic heterocycles. The summed E-state index contributed by atoms with van der Waals surface area (Å²) in [4.78, 5) is 6.75. The van der Waals surface area contributed by atoms with E-state index < -0.39 is 0 Å². The van der Waals surface area contributed by atoms with Gasteiger partial charge in [-0.05, 0) is 31.5 Å². The zero-order valence-electron chi connectivity index (χ0n) is 9.32. The Morgan fingerprint density at radius 1 is 1.40 bits per heavy atom. The van der Waals surface area contributed by atoms with Crippen LogP contribution in [0.5, 0.6) is 0 Å². The van der Waals surface area contributed by atoms with E-state index >= 15 is 0 Å². The lowest BCUT2D eigenvalue weighted by Crippen LogP contribution is -2.42. The fourth-order valence-corrected chi connectivity index (χ4v) is 2.14. The first kappa shape index (κ1) is 10.4. The van der Waals surface area contributed by atoms with Crippen LogP contribution < -0.4 is 10.2 Å².